The molecule has 0 fully saturated rings. The van der Waals surface area contributed by atoms with Crippen LogP contribution in [0, 0.1) is 0 Å². The molecule has 1 N–H and O–H groups in total. The van der Waals surface area contributed by atoms with Gasteiger partial charge in [-0.05, 0) is 64.2 Å². The number of hydrogen-bond acceptors (Lipinski definition) is 5. The quantitative estimate of drug-likeness (QED) is 0.0373. The van der Waals surface area contributed by atoms with Crippen molar-refractivity contribution in [3.8, 4) is 0 Å². The number of carbonyl (C=O) groups excluding carboxylic acids is 2. The first kappa shape index (κ1) is 76.3. The van der Waals surface area contributed by atoms with Crippen molar-refractivity contribution < 1.29 is 24.2 Å². The highest BCUT2D eigenvalue weighted by Gasteiger charge is 2.16. The Morgan fingerprint density at radius 2 is 0.544 bits per heavy atom. The summed E-state index contributed by atoms with van der Waals surface area (Å²) >= 11 is 0. The average molecular weight is 1100 g/mol. The summed E-state index contributed by atoms with van der Waals surface area (Å²) in [7, 11) is 0. The van der Waals surface area contributed by atoms with E-state index in [9.17, 15) is 14.7 Å². The Kier molecular flexibility index (Phi) is 67.3. The van der Waals surface area contributed by atoms with Gasteiger partial charge in [-0.2, -0.15) is 0 Å². The van der Waals surface area contributed by atoms with Gasteiger partial charge >= 0.3 is 11.9 Å². The van der Waals surface area contributed by atoms with Crippen LogP contribution in [0.15, 0.2) is 72.9 Å². The predicted octanol–water partition coefficient (Wildman–Crippen LogP) is 24.3. The number of allylic oxidation sites excluding steroid dienone is 12. The summed E-state index contributed by atoms with van der Waals surface area (Å²) in [6.45, 7) is 4.08. The summed E-state index contributed by atoms with van der Waals surface area (Å²) < 4.78 is 10.8. The van der Waals surface area contributed by atoms with Crippen LogP contribution in [0.25, 0.3) is 0 Å². The first-order valence-corrected chi connectivity index (χ1v) is 35.0. The number of esters is 2. The lowest BCUT2D eigenvalue weighted by Crippen LogP contribution is -2.28. The van der Waals surface area contributed by atoms with Gasteiger partial charge in [0.15, 0.2) is 6.10 Å². The zero-order valence-electron chi connectivity index (χ0n) is 52.9. The maximum Gasteiger partial charge on any atom is 0.306 e. The third-order valence-electron chi connectivity index (χ3n) is 15.8. The third-order valence-corrected chi connectivity index (χ3v) is 15.8. The molecule has 0 aromatic heterocycles. The van der Waals surface area contributed by atoms with Gasteiger partial charge in [-0.3, -0.25) is 9.59 Å². The SMILES string of the molecule is CC/C=C\C/C=C\C/C=C\C/C=C\C/C=C\C/C=C\CCCCCCCCCCCCCCCCCCCCCCCCC(=O)OC(CO)COC(=O)CCCCCCCCCCCCCCCCCCCCCCCCCC. The average Bonchev–Trinajstić information content (AvgIpc) is 3.45. The highest BCUT2D eigenvalue weighted by Crippen LogP contribution is 2.19. The Labute approximate surface area is 493 Å². The summed E-state index contributed by atoms with van der Waals surface area (Å²) in [5, 5.41) is 9.70. The van der Waals surface area contributed by atoms with Crippen LogP contribution in [0.2, 0.25) is 0 Å². The van der Waals surface area contributed by atoms with E-state index in [1.807, 2.05) is 0 Å². The van der Waals surface area contributed by atoms with Gasteiger partial charge in [-0.15, -0.1) is 0 Å². The van der Waals surface area contributed by atoms with Gasteiger partial charge < -0.3 is 14.6 Å². The molecule has 0 amide bonds. The molecule has 0 radical (unpaired) electrons. The summed E-state index contributed by atoms with van der Waals surface area (Å²) in [5.41, 5.74) is 0. The second-order valence-electron chi connectivity index (χ2n) is 23.6. The molecule has 0 spiro atoms. The second-order valence-corrected chi connectivity index (χ2v) is 23.6. The van der Waals surface area contributed by atoms with Gasteiger partial charge in [0.05, 0.1) is 6.61 Å². The molecule has 0 aliphatic rings. The minimum Gasteiger partial charge on any atom is -0.462 e. The minimum absolute atomic E-state index is 0.0600. The first-order chi connectivity index (χ1) is 39.1. The lowest BCUT2D eigenvalue weighted by molar-refractivity contribution is -0.161. The van der Waals surface area contributed by atoms with Crippen LogP contribution in [0.5, 0.6) is 0 Å². The topological polar surface area (TPSA) is 72.8 Å². The van der Waals surface area contributed by atoms with E-state index >= 15 is 0 Å². The Morgan fingerprint density at radius 1 is 0.304 bits per heavy atom. The van der Waals surface area contributed by atoms with E-state index in [1.165, 1.54) is 270 Å². The molecule has 0 saturated heterocycles. The van der Waals surface area contributed by atoms with E-state index in [-0.39, 0.29) is 25.2 Å². The fraction of sp³-hybridized carbons (Fsp3) is 0.811. The number of ether oxygens (including phenoxy) is 2. The molecule has 1 unspecified atom stereocenters. The van der Waals surface area contributed by atoms with Crippen molar-refractivity contribution in [2.45, 2.75) is 373 Å². The summed E-state index contributed by atoms with van der Waals surface area (Å²) in [5.74, 6) is -0.568. The Morgan fingerprint density at radius 3 is 0.823 bits per heavy atom. The third kappa shape index (κ3) is 67.7. The molecule has 1 atom stereocenters. The number of carbonyl (C=O) groups is 2. The van der Waals surface area contributed by atoms with Crippen LogP contribution in [-0.2, 0) is 19.1 Å². The fourth-order valence-corrected chi connectivity index (χ4v) is 10.6. The van der Waals surface area contributed by atoms with E-state index < -0.39 is 6.10 Å². The summed E-state index contributed by atoms with van der Waals surface area (Å²) in [6.07, 6.45) is 96.6. The van der Waals surface area contributed by atoms with E-state index in [0.717, 1.165) is 70.6 Å². The molecule has 460 valence electrons. The van der Waals surface area contributed by atoms with Crippen molar-refractivity contribution in [3.05, 3.63) is 72.9 Å². The highest BCUT2D eigenvalue weighted by atomic mass is 16.6. The van der Waals surface area contributed by atoms with Crippen LogP contribution in [0.3, 0.4) is 0 Å². The van der Waals surface area contributed by atoms with Gasteiger partial charge in [0.2, 0.25) is 0 Å². The summed E-state index contributed by atoms with van der Waals surface area (Å²) in [4.78, 5) is 24.6. The molecule has 0 aliphatic heterocycles. The zero-order chi connectivity index (χ0) is 56.9. The van der Waals surface area contributed by atoms with Crippen molar-refractivity contribution in [1.29, 1.82) is 0 Å². The predicted molar refractivity (Wildman–Crippen MR) is 348 cm³/mol. The van der Waals surface area contributed by atoms with Crippen LogP contribution in [0.1, 0.15) is 367 Å². The minimum atomic E-state index is -0.770. The van der Waals surface area contributed by atoms with E-state index in [0.29, 0.717) is 12.8 Å². The van der Waals surface area contributed by atoms with E-state index in [4.69, 9.17) is 9.47 Å². The number of aliphatic hydroxyl groups excluding tert-OH is 1. The smallest absolute Gasteiger partial charge is 0.306 e. The van der Waals surface area contributed by atoms with Crippen LogP contribution in [0.4, 0.5) is 0 Å². The van der Waals surface area contributed by atoms with Crippen molar-refractivity contribution in [1.82, 2.24) is 0 Å². The Balaban J connectivity index is 3.40. The zero-order valence-corrected chi connectivity index (χ0v) is 52.9. The monoisotopic (exact) mass is 1100 g/mol. The molecule has 5 nitrogen and oxygen atoms in total. The number of hydrogen-bond donors (Lipinski definition) is 1. The fourth-order valence-electron chi connectivity index (χ4n) is 10.6. The van der Waals surface area contributed by atoms with Gasteiger partial charge in [0.25, 0.3) is 0 Å². The Bertz CT molecular complexity index is 1390. The van der Waals surface area contributed by atoms with Gasteiger partial charge in [0.1, 0.15) is 6.61 Å². The van der Waals surface area contributed by atoms with E-state index in [2.05, 4.69) is 86.8 Å². The largest absolute Gasteiger partial charge is 0.462 e. The van der Waals surface area contributed by atoms with Crippen LogP contribution >= 0.6 is 0 Å². The molecular formula is C74H134O5. The molecule has 0 saturated carbocycles. The van der Waals surface area contributed by atoms with Crippen molar-refractivity contribution in [2.24, 2.45) is 0 Å². The maximum atomic E-state index is 12.4. The number of aliphatic hydroxyl groups is 1. The van der Waals surface area contributed by atoms with Gasteiger partial charge in [-0.25, -0.2) is 0 Å². The lowest BCUT2D eigenvalue weighted by Gasteiger charge is -2.15. The number of rotatable bonds is 65. The van der Waals surface area contributed by atoms with Crippen LogP contribution in [-0.4, -0.2) is 36.4 Å². The van der Waals surface area contributed by atoms with Crippen LogP contribution < -0.4 is 0 Å². The molecule has 5 heteroatoms. The molecule has 0 aromatic rings. The van der Waals surface area contributed by atoms with Gasteiger partial charge in [-0.1, -0.05) is 363 Å². The first-order valence-electron chi connectivity index (χ1n) is 35.0. The second kappa shape index (κ2) is 69.6. The molecule has 0 aromatic carbocycles. The number of unbranched alkanes of at least 4 members (excludes halogenated alkanes) is 45. The molecule has 0 aliphatic carbocycles. The maximum absolute atomic E-state index is 12.4. The van der Waals surface area contributed by atoms with Gasteiger partial charge in [0, 0.05) is 12.8 Å². The molecular weight excluding hydrogens is 969 g/mol. The standard InChI is InChI=1S/C74H134O5/c1-3-5-7-9-11-13-15-17-19-21-23-25-27-29-30-31-32-33-34-35-36-37-38-39-40-41-42-43-44-45-47-49-51-53-55-57-59-61-63-65-67-69-74(77)79-72(70-75)71-78-73(76)68-66-64-62-60-58-56-54-52-50-48-46-28-26-24-22-20-18-16-14-12-10-8-6-4-2/h5,7,11,13,17,19,23,25,29-30,32-33,72,75H,3-4,6,8-10,12,14-16,18,20-22,24,26-28,31,34-71H2,1-2H3/b7-5-,13-11-,19-17-,25-23-,30-29-,33-32-. The molecule has 79 heavy (non-hydrogen) atoms. The van der Waals surface area contributed by atoms with Crippen molar-refractivity contribution in [3.63, 3.8) is 0 Å². The lowest BCUT2D eigenvalue weighted by atomic mass is 10.0. The van der Waals surface area contributed by atoms with Crippen molar-refractivity contribution >= 4 is 11.9 Å². The molecule has 0 bridgehead atoms. The van der Waals surface area contributed by atoms with Crippen molar-refractivity contribution in [2.75, 3.05) is 13.2 Å². The summed E-state index contributed by atoms with van der Waals surface area (Å²) in [6, 6.07) is 0. The molecule has 0 rings (SSSR count). The highest BCUT2D eigenvalue weighted by molar-refractivity contribution is 5.70. The molecule has 0 heterocycles. The van der Waals surface area contributed by atoms with E-state index in [1.54, 1.807) is 0 Å². The normalized spacial score (nSPS) is 12.6. The Hall–Kier alpha value is -2.66.